The van der Waals surface area contributed by atoms with Gasteiger partial charge >= 0.3 is 0 Å². The number of nitrogens with one attached hydrogen (secondary N) is 1. The first-order chi connectivity index (χ1) is 9.02. The molecule has 1 aromatic heterocycles. The van der Waals surface area contributed by atoms with Gasteiger partial charge in [0.05, 0.1) is 5.69 Å². The van der Waals surface area contributed by atoms with Gasteiger partial charge < -0.3 is 5.32 Å². The zero-order chi connectivity index (χ0) is 14.0. The van der Waals surface area contributed by atoms with Gasteiger partial charge in [0.1, 0.15) is 0 Å². The van der Waals surface area contributed by atoms with Crippen LogP contribution in [0, 0.1) is 20.8 Å². The number of pyridine rings is 1. The third-order valence-corrected chi connectivity index (χ3v) is 3.42. The predicted molar refractivity (Wildman–Crippen MR) is 77.3 cm³/mol. The van der Waals surface area contributed by atoms with E-state index in [9.17, 15) is 4.79 Å². The van der Waals surface area contributed by atoms with Gasteiger partial charge in [0.15, 0.2) is 0 Å². The van der Waals surface area contributed by atoms with Crippen LogP contribution in [0.5, 0.6) is 0 Å². The van der Waals surface area contributed by atoms with E-state index in [2.05, 4.69) is 30.2 Å². The van der Waals surface area contributed by atoms with Crippen LogP contribution in [0.3, 0.4) is 0 Å². The van der Waals surface area contributed by atoms with Crippen LogP contribution in [0.1, 0.15) is 27.2 Å². The Morgan fingerprint density at radius 3 is 2.53 bits per heavy atom. The quantitative estimate of drug-likeness (QED) is 0.895. The summed E-state index contributed by atoms with van der Waals surface area (Å²) in [7, 11) is 1.63. The van der Waals surface area contributed by atoms with Crippen molar-refractivity contribution in [3.8, 4) is 11.3 Å². The second-order valence-electron chi connectivity index (χ2n) is 4.69. The summed E-state index contributed by atoms with van der Waals surface area (Å²) in [6.07, 6.45) is 0. The summed E-state index contributed by atoms with van der Waals surface area (Å²) in [6, 6.07) is 9.59. The average Bonchev–Trinajstić information content (AvgIpc) is 2.43. The Bertz CT molecular complexity index is 609. The predicted octanol–water partition coefficient (Wildman–Crippen LogP) is 3.03. The molecule has 0 saturated carbocycles. The maximum absolute atomic E-state index is 11.7. The molecule has 0 fully saturated rings. The molecule has 3 heteroatoms. The Balaban J connectivity index is 2.50. The van der Waals surface area contributed by atoms with Crippen molar-refractivity contribution in [1.29, 1.82) is 0 Å². The molecule has 0 aliphatic rings. The molecule has 0 unspecified atom stereocenters. The van der Waals surface area contributed by atoms with E-state index in [0.717, 1.165) is 17.0 Å². The van der Waals surface area contributed by atoms with Gasteiger partial charge in [0.25, 0.3) is 5.91 Å². The number of rotatable bonds is 2. The number of aryl methyl sites for hydroxylation is 2. The zero-order valence-corrected chi connectivity index (χ0v) is 11.7. The molecule has 1 amide bonds. The van der Waals surface area contributed by atoms with Gasteiger partial charge in [-0.2, -0.15) is 0 Å². The molecule has 2 aromatic rings. The fraction of sp³-hybridized carbons (Fsp3) is 0.250. The van der Waals surface area contributed by atoms with Crippen molar-refractivity contribution in [1.82, 2.24) is 10.3 Å². The molecule has 0 aliphatic carbocycles. The number of aromatic nitrogens is 1. The Hall–Kier alpha value is -2.16. The van der Waals surface area contributed by atoms with E-state index in [-0.39, 0.29) is 5.91 Å². The molecule has 0 aliphatic heterocycles. The molecule has 2 rings (SSSR count). The summed E-state index contributed by atoms with van der Waals surface area (Å²) in [6.45, 7) is 6.16. The summed E-state index contributed by atoms with van der Waals surface area (Å²) in [5.41, 5.74) is 5.98. The highest BCUT2D eigenvalue weighted by atomic mass is 16.1. The third kappa shape index (κ3) is 2.65. The van der Waals surface area contributed by atoms with Gasteiger partial charge in [-0.1, -0.05) is 12.1 Å². The molecule has 0 atom stereocenters. The highest BCUT2D eigenvalue weighted by Gasteiger charge is 2.08. The Morgan fingerprint density at radius 2 is 1.89 bits per heavy atom. The van der Waals surface area contributed by atoms with E-state index in [1.165, 1.54) is 11.1 Å². The van der Waals surface area contributed by atoms with Gasteiger partial charge in [-0.3, -0.25) is 9.78 Å². The van der Waals surface area contributed by atoms with Crippen LogP contribution in [0.15, 0.2) is 30.3 Å². The van der Waals surface area contributed by atoms with Crippen LogP contribution in [0.4, 0.5) is 0 Å². The summed E-state index contributed by atoms with van der Waals surface area (Å²) < 4.78 is 0. The molecule has 19 heavy (non-hydrogen) atoms. The topological polar surface area (TPSA) is 42.0 Å². The summed E-state index contributed by atoms with van der Waals surface area (Å²) >= 11 is 0. The number of carbonyl (C=O) groups is 1. The Labute approximate surface area is 113 Å². The number of hydrogen-bond acceptors (Lipinski definition) is 2. The monoisotopic (exact) mass is 254 g/mol. The van der Waals surface area contributed by atoms with Gasteiger partial charge in [-0.05, 0) is 50.1 Å². The second-order valence-corrected chi connectivity index (χ2v) is 4.69. The summed E-state index contributed by atoms with van der Waals surface area (Å²) in [5, 5.41) is 2.63. The minimum atomic E-state index is -0.0811. The van der Waals surface area contributed by atoms with E-state index in [0.29, 0.717) is 5.56 Å². The lowest BCUT2D eigenvalue weighted by Gasteiger charge is -2.09. The fourth-order valence-corrected chi connectivity index (χ4v) is 2.01. The molecule has 1 N–H and O–H groups in total. The molecule has 98 valence electrons. The van der Waals surface area contributed by atoms with Crippen molar-refractivity contribution in [2.75, 3.05) is 7.05 Å². The number of hydrogen-bond donors (Lipinski definition) is 1. The highest BCUT2D eigenvalue weighted by Crippen LogP contribution is 2.22. The maximum atomic E-state index is 11.7. The van der Waals surface area contributed by atoms with Crippen LogP contribution >= 0.6 is 0 Å². The van der Waals surface area contributed by atoms with Crippen molar-refractivity contribution in [3.05, 3.63) is 52.7 Å². The maximum Gasteiger partial charge on any atom is 0.251 e. The lowest BCUT2D eigenvalue weighted by atomic mass is 10.0. The van der Waals surface area contributed by atoms with Gasteiger partial charge in [-0.25, -0.2) is 0 Å². The largest absolute Gasteiger partial charge is 0.355 e. The lowest BCUT2D eigenvalue weighted by Crippen LogP contribution is -2.17. The van der Waals surface area contributed by atoms with E-state index >= 15 is 0 Å². The first-order valence-corrected chi connectivity index (χ1v) is 6.30. The molecule has 0 saturated heterocycles. The smallest absolute Gasteiger partial charge is 0.251 e. The standard InChI is InChI=1S/C16H18N2O/c1-10-8-15(18-12(3)11(10)2)13-6-5-7-14(9-13)16(19)17-4/h5-9H,1-4H3,(H,17,19). The van der Waals surface area contributed by atoms with Crippen molar-refractivity contribution in [3.63, 3.8) is 0 Å². The number of nitrogens with zero attached hydrogens (tertiary/aromatic N) is 1. The SMILES string of the molecule is CNC(=O)c1cccc(-c2cc(C)c(C)c(C)n2)c1. The number of benzene rings is 1. The Morgan fingerprint density at radius 1 is 1.16 bits per heavy atom. The van der Waals surface area contributed by atoms with Crippen molar-refractivity contribution < 1.29 is 4.79 Å². The summed E-state index contributed by atoms with van der Waals surface area (Å²) in [5.74, 6) is -0.0811. The molecular weight excluding hydrogens is 236 g/mol. The molecular formula is C16H18N2O. The second kappa shape index (κ2) is 5.22. The minimum Gasteiger partial charge on any atom is -0.355 e. The molecule has 3 nitrogen and oxygen atoms in total. The average molecular weight is 254 g/mol. The first kappa shape index (κ1) is 13.3. The van der Waals surface area contributed by atoms with E-state index < -0.39 is 0 Å². The normalized spacial score (nSPS) is 10.3. The molecule has 1 aromatic carbocycles. The van der Waals surface area contributed by atoms with Crippen LogP contribution in [0.2, 0.25) is 0 Å². The number of amides is 1. The third-order valence-electron chi connectivity index (χ3n) is 3.42. The molecule has 0 spiro atoms. The molecule has 1 heterocycles. The lowest BCUT2D eigenvalue weighted by molar-refractivity contribution is 0.0963. The van der Waals surface area contributed by atoms with Crippen LogP contribution in [-0.2, 0) is 0 Å². The first-order valence-electron chi connectivity index (χ1n) is 6.30. The highest BCUT2D eigenvalue weighted by molar-refractivity contribution is 5.95. The Kier molecular flexibility index (Phi) is 3.65. The molecule has 0 radical (unpaired) electrons. The van der Waals surface area contributed by atoms with Gasteiger partial charge in [0, 0.05) is 23.9 Å². The van der Waals surface area contributed by atoms with Crippen LogP contribution in [0.25, 0.3) is 11.3 Å². The van der Waals surface area contributed by atoms with Crippen LogP contribution < -0.4 is 5.32 Å². The van der Waals surface area contributed by atoms with Gasteiger partial charge in [-0.15, -0.1) is 0 Å². The van der Waals surface area contributed by atoms with E-state index in [1.54, 1.807) is 13.1 Å². The van der Waals surface area contributed by atoms with Crippen molar-refractivity contribution >= 4 is 5.91 Å². The van der Waals surface area contributed by atoms with E-state index in [4.69, 9.17) is 0 Å². The molecule has 0 bridgehead atoms. The summed E-state index contributed by atoms with van der Waals surface area (Å²) in [4.78, 5) is 16.3. The van der Waals surface area contributed by atoms with Crippen LogP contribution in [-0.4, -0.2) is 17.9 Å². The van der Waals surface area contributed by atoms with E-state index in [1.807, 2.05) is 25.1 Å². The van der Waals surface area contributed by atoms with Crippen molar-refractivity contribution in [2.45, 2.75) is 20.8 Å². The minimum absolute atomic E-state index is 0.0811. The fourth-order valence-electron chi connectivity index (χ4n) is 2.01. The van der Waals surface area contributed by atoms with Gasteiger partial charge in [0.2, 0.25) is 0 Å². The van der Waals surface area contributed by atoms with Crippen molar-refractivity contribution in [2.24, 2.45) is 0 Å². The number of carbonyl (C=O) groups excluding carboxylic acids is 1. The zero-order valence-electron chi connectivity index (χ0n) is 11.7.